The number of aliphatic hydroxyl groups is 1. The van der Waals surface area contributed by atoms with E-state index in [2.05, 4.69) is 20.9 Å². The lowest BCUT2D eigenvalue weighted by Crippen LogP contribution is -2.57. The summed E-state index contributed by atoms with van der Waals surface area (Å²) in [6, 6.07) is 15.4. The molecule has 3 aliphatic heterocycles. The summed E-state index contributed by atoms with van der Waals surface area (Å²) in [6.07, 6.45) is 4.07. The zero-order chi connectivity index (χ0) is 51.1. The minimum Gasteiger partial charge on any atom is -0.491 e. The molecule has 4 aromatic rings. The number of nitrogens with zero attached hydrogens (tertiary/aromatic N) is 3. The molecule has 16 nitrogen and oxygen atoms in total. The standard InChI is InChI=1S/C54H70N8O8S.ClH/c1-31-34(13-11-16-44(31)70-29-39(23-25-45(56)64)59-51(67)43-26-38-15-10-14-36-22-24-41(55)52(68)62(43)47(36)38)12-8-7-9-17-46(65)60-49(54(4,5)6)53(69)61-28-40(63)27-42(61)50(66)58-32(2)35-18-20-37(21-19-35)48-33(3)57-30-71-48;/h10-11,13-16,18-21,30,32,39-43,49,63H,7-9,12,17,22-29,55H2,1-6H3,(H2,56,64)(H,58,66)(H,59,67)(H,60,65);1H/t32-,39-,40+,41-,42-,43-,49+;/m0./s1. The van der Waals surface area contributed by atoms with Gasteiger partial charge in [-0.1, -0.05) is 81.8 Å². The number of rotatable bonds is 20. The van der Waals surface area contributed by atoms with Crippen LogP contribution in [0.5, 0.6) is 5.75 Å². The van der Waals surface area contributed by atoms with E-state index in [0.717, 1.165) is 68.9 Å². The van der Waals surface area contributed by atoms with Crippen molar-refractivity contribution >= 4 is 64.9 Å². The molecule has 388 valence electrons. The predicted octanol–water partition coefficient (Wildman–Crippen LogP) is 5.68. The average Bonchev–Trinajstić information content (AvgIpc) is 4.05. The molecule has 0 spiro atoms. The lowest BCUT2D eigenvalue weighted by atomic mass is 9.85. The van der Waals surface area contributed by atoms with Crippen LogP contribution in [0.4, 0.5) is 5.69 Å². The number of benzene rings is 3. The van der Waals surface area contributed by atoms with E-state index in [1.165, 1.54) is 4.90 Å². The van der Waals surface area contributed by atoms with Gasteiger partial charge in [0.2, 0.25) is 35.4 Å². The van der Waals surface area contributed by atoms with E-state index in [1.54, 1.807) is 16.2 Å². The van der Waals surface area contributed by atoms with Crippen LogP contribution in [-0.2, 0) is 48.0 Å². The first-order valence-corrected chi connectivity index (χ1v) is 25.8. The van der Waals surface area contributed by atoms with Crippen molar-refractivity contribution in [1.82, 2.24) is 25.8 Å². The molecule has 0 saturated carbocycles. The van der Waals surface area contributed by atoms with Gasteiger partial charge in [0, 0.05) is 32.2 Å². The Bertz CT molecular complexity index is 2600. The molecule has 0 unspecified atom stereocenters. The lowest BCUT2D eigenvalue weighted by molar-refractivity contribution is -0.144. The highest BCUT2D eigenvalue weighted by atomic mass is 35.5. The number of para-hydroxylation sites is 1. The molecule has 0 bridgehead atoms. The monoisotopic (exact) mass is 1030 g/mol. The molecule has 72 heavy (non-hydrogen) atoms. The Hall–Kier alpha value is -5.88. The van der Waals surface area contributed by atoms with Crippen molar-refractivity contribution in [1.29, 1.82) is 0 Å². The number of β-amino-alcohol motifs (C(OH)–C–C–N with tert-alkyl or cyclic N) is 1. The van der Waals surface area contributed by atoms with Crippen LogP contribution < -0.4 is 37.1 Å². The lowest BCUT2D eigenvalue weighted by Gasteiger charge is -2.35. The quantitative estimate of drug-likeness (QED) is 0.0592. The number of nitrogens with one attached hydrogen (secondary N) is 3. The van der Waals surface area contributed by atoms with Gasteiger partial charge in [0.1, 0.15) is 30.5 Å². The van der Waals surface area contributed by atoms with E-state index in [0.29, 0.717) is 31.4 Å². The number of halogens is 1. The summed E-state index contributed by atoms with van der Waals surface area (Å²) in [7, 11) is 0. The zero-order valence-corrected chi connectivity index (χ0v) is 43.8. The molecule has 8 N–H and O–H groups in total. The maximum atomic E-state index is 14.2. The molecule has 7 rings (SSSR count). The van der Waals surface area contributed by atoms with Gasteiger partial charge < -0.3 is 42.2 Å². The molecule has 0 aliphatic carbocycles. The Labute approximate surface area is 432 Å². The smallest absolute Gasteiger partial charge is 0.246 e. The highest BCUT2D eigenvalue weighted by Gasteiger charge is 2.45. The molecule has 1 fully saturated rings. The van der Waals surface area contributed by atoms with Crippen LogP contribution in [-0.4, -0.2) is 99.9 Å². The highest BCUT2D eigenvalue weighted by Crippen LogP contribution is 2.39. The second kappa shape index (κ2) is 24.2. The normalized spacial score (nSPS) is 19.6. The van der Waals surface area contributed by atoms with E-state index >= 15 is 0 Å². The number of carbonyl (C=O) groups excluding carboxylic acids is 6. The number of hydrogen-bond acceptors (Lipinski definition) is 11. The molecule has 7 atom stereocenters. The van der Waals surface area contributed by atoms with Crippen LogP contribution in [0.1, 0.15) is 119 Å². The molecule has 3 aromatic carbocycles. The number of ether oxygens (including phenoxy) is 1. The van der Waals surface area contributed by atoms with Crippen molar-refractivity contribution in [3.05, 3.63) is 99.7 Å². The second-order valence-corrected chi connectivity index (χ2v) is 21.4. The minimum absolute atomic E-state index is 0. The summed E-state index contributed by atoms with van der Waals surface area (Å²) < 4.78 is 6.31. The topological polar surface area (TPSA) is 239 Å². The molecule has 6 amide bonds. The van der Waals surface area contributed by atoms with Gasteiger partial charge in [-0.2, -0.15) is 0 Å². The minimum atomic E-state index is -0.921. The van der Waals surface area contributed by atoms with Crippen LogP contribution in [0.2, 0.25) is 0 Å². The van der Waals surface area contributed by atoms with Gasteiger partial charge in [-0.25, -0.2) is 4.98 Å². The molecule has 3 aliphatic rings. The highest BCUT2D eigenvalue weighted by molar-refractivity contribution is 7.13. The number of aliphatic hydroxyl groups excluding tert-OH is 1. The van der Waals surface area contributed by atoms with Crippen molar-refractivity contribution in [2.45, 2.75) is 155 Å². The van der Waals surface area contributed by atoms with E-state index in [4.69, 9.17) is 16.2 Å². The third-order valence-electron chi connectivity index (χ3n) is 14.1. The largest absolute Gasteiger partial charge is 0.491 e. The number of aromatic nitrogens is 1. The molecule has 1 saturated heterocycles. The van der Waals surface area contributed by atoms with E-state index in [9.17, 15) is 33.9 Å². The Morgan fingerprint density at radius 3 is 2.32 bits per heavy atom. The molecule has 0 radical (unpaired) electrons. The first-order chi connectivity index (χ1) is 33.8. The fourth-order valence-corrected chi connectivity index (χ4v) is 10.8. The summed E-state index contributed by atoms with van der Waals surface area (Å²) in [4.78, 5) is 89.0. The predicted molar refractivity (Wildman–Crippen MR) is 281 cm³/mol. The number of primary amides is 1. The zero-order valence-electron chi connectivity index (χ0n) is 42.2. The number of carbonyl (C=O) groups is 6. The fraction of sp³-hybridized carbons (Fsp3) is 0.500. The number of unbranched alkanes of at least 4 members (excludes halogenated alkanes) is 2. The van der Waals surface area contributed by atoms with Gasteiger partial charge in [-0.15, -0.1) is 23.7 Å². The first kappa shape index (κ1) is 55.4. The number of anilines is 1. The molecule has 1 aromatic heterocycles. The van der Waals surface area contributed by atoms with Gasteiger partial charge in [0.05, 0.1) is 46.0 Å². The molecular weight excluding hydrogens is 956 g/mol. The van der Waals surface area contributed by atoms with Crippen LogP contribution >= 0.6 is 23.7 Å². The maximum Gasteiger partial charge on any atom is 0.246 e. The molecular formula is C54H71ClN8O8S. The van der Waals surface area contributed by atoms with Gasteiger partial charge in [0.15, 0.2) is 0 Å². The number of aryl methyl sites for hydroxylation is 3. The second-order valence-electron chi connectivity index (χ2n) is 20.5. The number of likely N-dealkylation sites (tertiary alicyclic amines) is 1. The Morgan fingerprint density at radius 2 is 1.62 bits per heavy atom. The Kier molecular flexibility index (Phi) is 18.7. The Morgan fingerprint density at radius 1 is 0.917 bits per heavy atom. The summed E-state index contributed by atoms with van der Waals surface area (Å²) in [5.41, 5.74) is 20.5. The average molecular weight is 1030 g/mol. The number of thiazole rings is 1. The summed E-state index contributed by atoms with van der Waals surface area (Å²) in [6.45, 7) is 11.5. The van der Waals surface area contributed by atoms with Gasteiger partial charge >= 0.3 is 0 Å². The van der Waals surface area contributed by atoms with E-state index < -0.39 is 53.5 Å². The van der Waals surface area contributed by atoms with Gasteiger partial charge in [0.25, 0.3) is 0 Å². The summed E-state index contributed by atoms with van der Waals surface area (Å²) >= 11 is 1.57. The van der Waals surface area contributed by atoms with Crippen LogP contribution in [0, 0.1) is 19.3 Å². The molecule has 18 heteroatoms. The van der Waals surface area contributed by atoms with Crippen molar-refractivity contribution in [3.8, 4) is 16.2 Å². The van der Waals surface area contributed by atoms with Gasteiger partial charge in [-0.05, 0) is 104 Å². The molecule has 4 heterocycles. The van der Waals surface area contributed by atoms with Crippen LogP contribution in [0.15, 0.2) is 66.2 Å². The van der Waals surface area contributed by atoms with E-state index in [1.807, 2.05) is 108 Å². The van der Waals surface area contributed by atoms with E-state index in [-0.39, 0.29) is 80.9 Å². The van der Waals surface area contributed by atoms with Crippen molar-refractivity contribution in [2.24, 2.45) is 16.9 Å². The summed E-state index contributed by atoms with van der Waals surface area (Å²) in [5.74, 6) is -1.53. The van der Waals surface area contributed by atoms with Crippen molar-refractivity contribution in [3.63, 3.8) is 0 Å². The fourth-order valence-electron chi connectivity index (χ4n) is 9.98. The number of amides is 6. The van der Waals surface area contributed by atoms with Crippen LogP contribution in [0.3, 0.4) is 0 Å². The Balaban J connectivity index is 0.00000847. The van der Waals surface area contributed by atoms with Crippen molar-refractivity contribution < 1.29 is 38.6 Å². The summed E-state index contributed by atoms with van der Waals surface area (Å²) in [5, 5.41) is 19.8. The SMILES string of the molecule is Cc1ncsc1-c1ccc([C@H](C)NC(=O)[C@@H]2C[C@@H](O)CN2C(=O)[C@@H](NC(=O)CCCCCc2cccc(OC[C@H](CCC(N)=O)NC(=O)[C@@H]3Cc4cccc5c4N3C(=O)[C@@H](N)CC5)c2C)C(C)(C)C)cc1.Cl. The number of nitrogens with two attached hydrogens (primary N) is 2. The number of hydrogen-bond donors (Lipinski definition) is 6. The third kappa shape index (κ3) is 13.2. The first-order valence-electron chi connectivity index (χ1n) is 24.9. The van der Waals surface area contributed by atoms with Gasteiger partial charge in [-0.3, -0.25) is 33.7 Å². The van der Waals surface area contributed by atoms with Crippen molar-refractivity contribution in [2.75, 3.05) is 18.1 Å². The maximum absolute atomic E-state index is 14.2. The third-order valence-corrected chi connectivity index (χ3v) is 15.1. The van der Waals surface area contributed by atoms with Crippen LogP contribution in [0.25, 0.3) is 10.4 Å².